The number of rotatable bonds is 6. The molecule has 0 aliphatic heterocycles. The normalized spacial score (nSPS) is 11.1. The van der Waals surface area contributed by atoms with E-state index in [1.54, 1.807) is 12.1 Å². The number of carbonyl (C=O) groups is 3. The molecule has 2 amide bonds. The first-order chi connectivity index (χ1) is 13.7. The number of carboxylic acid groups (broad SMARTS) is 1. The van der Waals surface area contributed by atoms with Crippen LogP contribution in [0.2, 0.25) is 0 Å². The van der Waals surface area contributed by atoms with Gasteiger partial charge < -0.3 is 15.2 Å². The molecular formula is C18H14F3N3O5. The standard InChI is InChI=1S/C18H14F3N3O5/c19-18(20,21)12-5-3-6-13(8-12)23-16(27)17(28)24-22-9-11-4-1-2-7-14(11)29-10-15(25)26/h1-9H,10H2,(H,23,27)(H,24,28)(H,25,26)/b22-9-. The van der Waals surface area contributed by atoms with Crippen molar-refractivity contribution in [1.82, 2.24) is 5.43 Å². The molecule has 0 heterocycles. The number of nitrogens with one attached hydrogen (secondary N) is 2. The van der Waals surface area contributed by atoms with Gasteiger partial charge in [0, 0.05) is 11.3 Å². The van der Waals surface area contributed by atoms with Crippen LogP contribution in [0.4, 0.5) is 18.9 Å². The summed E-state index contributed by atoms with van der Waals surface area (Å²) in [6, 6.07) is 9.99. The van der Waals surface area contributed by atoms with Crippen molar-refractivity contribution in [2.75, 3.05) is 11.9 Å². The van der Waals surface area contributed by atoms with Crippen molar-refractivity contribution >= 4 is 29.7 Å². The molecule has 2 aromatic carbocycles. The van der Waals surface area contributed by atoms with Crippen LogP contribution in [0.15, 0.2) is 53.6 Å². The van der Waals surface area contributed by atoms with Gasteiger partial charge >= 0.3 is 24.0 Å². The smallest absolute Gasteiger partial charge is 0.416 e. The third kappa shape index (κ3) is 6.65. The van der Waals surface area contributed by atoms with Gasteiger partial charge in [-0.25, -0.2) is 10.2 Å². The number of anilines is 1. The first kappa shape index (κ1) is 21.4. The molecule has 0 bridgehead atoms. The SMILES string of the molecule is O=C(O)COc1ccccc1/C=N\NC(=O)C(=O)Nc1cccc(C(F)(F)F)c1. The van der Waals surface area contributed by atoms with Crippen molar-refractivity contribution < 1.29 is 37.4 Å². The summed E-state index contributed by atoms with van der Waals surface area (Å²) in [4.78, 5) is 34.1. The van der Waals surface area contributed by atoms with Crippen molar-refractivity contribution in [2.45, 2.75) is 6.18 Å². The zero-order valence-corrected chi connectivity index (χ0v) is 14.6. The lowest BCUT2D eigenvalue weighted by Gasteiger charge is -2.09. The highest BCUT2D eigenvalue weighted by Gasteiger charge is 2.30. The molecule has 0 aliphatic rings. The molecule has 152 valence electrons. The second-order valence-corrected chi connectivity index (χ2v) is 5.45. The zero-order chi connectivity index (χ0) is 21.4. The van der Waals surface area contributed by atoms with Gasteiger partial charge in [0.15, 0.2) is 6.61 Å². The van der Waals surface area contributed by atoms with Crippen LogP contribution < -0.4 is 15.5 Å². The zero-order valence-electron chi connectivity index (χ0n) is 14.6. The number of benzene rings is 2. The van der Waals surface area contributed by atoms with Crippen LogP contribution in [0.1, 0.15) is 11.1 Å². The Balaban J connectivity index is 1.97. The number of hydrazone groups is 1. The largest absolute Gasteiger partial charge is 0.481 e. The molecule has 0 aliphatic carbocycles. The molecule has 29 heavy (non-hydrogen) atoms. The summed E-state index contributed by atoms with van der Waals surface area (Å²) >= 11 is 0. The van der Waals surface area contributed by atoms with Crippen molar-refractivity contribution in [1.29, 1.82) is 0 Å². The number of nitrogens with zero attached hydrogens (tertiary/aromatic N) is 1. The van der Waals surface area contributed by atoms with Crippen LogP contribution >= 0.6 is 0 Å². The number of carbonyl (C=O) groups excluding carboxylic acids is 2. The van der Waals surface area contributed by atoms with Crippen molar-refractivity contribution in [3.63, 3.8) is 0 Å². The Hall–Kier alpha value is -3.89. The minimum absolute atomic E-state index is 0.182. The second kappa shape index (κ2) is 9.35. The summed E-state index contributed by atoms with van der Waals surface area (Å²) in [5.74, 6) is -3.45. The van der Waals surface area contributed by atoms with E-state index in [9.17, 15) is 27.6 Å². The summed E-state index contributed by atoms with van der Waals surface area (Å²) < 4.78 is 43.1. The van der Waals surface area contributed by atoms with E-state index < -0.39 is 36.1 Å². The number of carboxylic acids is 1. The van der Waals surface area contributed by atoms with E-state index in [1.165, 1.54) is 18.2 Å². The summed E-state index contributed by atoms with van der Waals surface area (Å²) in [6.45, 7) is -0.587. The van der Waals surface area contributed by atoms with E-state index >= 15 is 0 Å². The summed E-state index contributed by atoms with van der Waals surface area (Å²) in [5.41, 5.74) is 1.05. The van der Waals surface area contributed by atoms with Crippen LogP contribution in [-0.2, 0) is 20.6 Å². The van der Waals surface area contributed by atoms with E-state index in [0.717, 1.165) is 18.3 Å². The Morgan fingerprint density at radius 1 is 1.07 bits per heavy atom. The van der Waals surface area contributed by atoms with Gasteiger partial charge in [0.2, 0.25) is 0 Å². The minimum atomic E-state index is -4.59. The van der Waals surface area contributed by atoms with Gasteiger partial charge in [-0.2, -0.15) is 18.3 Å². The molecule has 8 nitrogen and oxygen atoms in total. The quantitative estimate of drug-likeness (QED) is 0.384. The minimum Gasteiger partial charge on any atom is -0.481 e. The summed E-state index contributed by atoms with van der Waals surface area (Å²) in [5, 5.41) is 14.2. The average molecular weight is 409 g/mol. The first-order valence-electron chi connectivity index (χ1n) is 7.92. The van der Waals surface area contributed by atoms with Crippen molar-refractivity contribution in [2.24, 2.45) is 5.10 Å². The lowest BCUT2D eigenvalue weighted by atomic mass is 10.2. The van der Waals surface area contributed by atoms with Crippen molar-refractivity contribution in [3.8, 4) is 5.75 Å². The van der Waals surface area contributed by atoms with E-state index in [0.29, 0.717) is 11.6 Å². The van der Waals surface area contributed by atoms with Gasteiger partial charge in [0.1, 0.15) is 5.75 Å². The monoisotopic (exact) mass is 409 g/mol. The highest BCUT2D eigenvalue weighted by Crippen LogP contribution is 2.30. The number of amides is 2. The molecule has 0 atom stereocenters. The molecule has 3 N–H and O–H groups in total. The molecule has 2 rings (SSSR count). The average Bonchev–Trinajstić information content (AvgIpc) is 2.66. The van der Waals surface area contributed by atoms with Gasteiger partial charge in [0.25, 0.3) is 0 Å². The molecule has 0 saturated carbocycles. The Kier molecular flexibility index (Phi) is 6.90. The number of para-hydroxylation sites is 1. The van der Waals surface area contributed by atoms with E-state index in [2.05, 4.69) is 5.10 Å². The van der Waals surface area contributed by atoms with Gasteiger partial charge in [-0.15, -0.1) is 0 Å². The fraction of sp³-hybridized carbons (Fsp3) is 0.111. The lowest BCUT2D eigenvalue weighted by Crippen LogP contribution is -2.32. The molecule has 2 aromatic rings. The van der Waals surface area contributed by atoms with Gasteiger partial charge in [-0.1, -0.05) is 18.2 Å². The first-order valence-corrected chi connectivity index (χ1v) is 7.92. The maximum Gasteiger partial charge on any atom is 0.416 e. The van der Waals surface area contributed by atoms with Crippen molar-refractivity contribution in [3.05, 3.63) is 59.7 Å². The number of ether oxygens (including phenoxy) is 1. The number of hydrogen-bond donors (Lipinski definition) is 3. The molecule has 0 spiro atoms. The Morgan fingerprint density at radius 3 is 2.48 bits per heavy atom. The molecule has 0 fully saturated rings. The summed E-state index contributed by atoms with van der Waals surface area (Å²) in [6.07, 6.45) is -3.48. The molecule has 0 unspecified atom stereocenters. The molecule has 11 heteroatoms. The predicted octanol–water partition coefficient (Wildman–Crippen LogP) is 2.26. The number of halogens is 3. The van der Waals surface area contributed by atoms with E-state index in [-0.39, 0.29) is 11.4 Å². The second-order valence-electron chi connectivity index (χ2n) is 5.45. The van der Waals surface area contributed by atoms with Gasteiger partial charge in [-0.3, -0.25) is 9.59 Å². The van der Waals surface area contributed by atoms with E-state index in [1.807, 2.05) is 10.7 Å². The molecule has 0 aromatic heterocycles. The Morgan fingerprint density at radius 2 is 1.79 bits per heavy atom. The third-order valence-electron chi connectivity index (χ3n) is 3.29. The fourth-order valence-corrected chi connectivity index (χ4v) is 2.03. The van der Waals surface area contributed by atoms with Gasteiger partial charge in [-0.05, 0) is 30.3 Å². The Labute approximate surface area is 162 Å². The number of hydrogen-bond acceptors (Lipinski definition) is 5. The number of alkyl halides is 3. The van der Waals surface area contributed by atoms with Crippen LogP contribution in [0.3, 0.4) is 0 Å². The lowest BCUT2D eigenvalue weighted by molar-refractivity contribution is -0.139. The fourth-order valence-electron chi connectivity index (χ4n) is 2.03. The maximum atomic E-state index is 12.7. The highest BCUT2D eigenvalue weighted by molar-refractivity contribution is 6.39. The molecular weight excluding hydrogens is 395 g/mol. The third-order valence-corrected chi connectivity index (χ3v) is 3.29. The number of aliphatic carboxylic acids is 1. The summed E-state index contributed by atoms with van der Waals surface area (Å²) in [7, 11) is 0. The van der Waals surface area contributed by atoms with Gasteiger partial charge in [0.05, 0.1) is 11.8 Å². The molecule has 0 saturated heterocycles. The topological polar surface area (TPSA) is 117 Å². The van der Waals surface area contributed by atoms with Crippen LogP contribution in [0.25, 0.3) is 0 Å². The van der Waals surface area contributed by atoms with E-state index in [4.69, 9.17) is 9.84 Å². The maximum absolute atomic E-state index is 12.7. The Bertz CT molecular complexity index is 944. The highest BCUT2D eigenvalue weighted by atomic mass is 19.4. The van der Waals surface area contributed by atoms with Crippen LogP contribution in [-0.4, -0.2) is 35.7 Å². The van der Waals surface area contributed by atoms with Crippen LogP contribution in [0.5, 0.6) is 5.75 Å². The van der Waals surface area contributed by atoms with Crippen LogP contribution in [0, 0.1) is 0 Å². The predicted molar refractivity (Wildman–Crippen MR) is 95.4 cm³/mol. The molecule has 0 radical (unpaired) electrons.